The molecule has 2 N–H and O–H groups in total. The SMILES string of the molecule is CC(C)c1ccc(CC(=O)NC(c2ccccc2)c2cnc[nH]2)cc1. The van der Waals surface area contributed by atoms with Crippen molar-refractivity contribution in [1.29, 1.82) is 0 Å². The van der Waals surface area contributed by atoms with Gasteiger partial charge in [0.2, 0.25) is 5.91 Å². The van der Waals surface area contributed by atoms with Crippen LogP contribution in [0.2, 0.25) is 0 Å². The molecule has 1 amide bonds. The van der Waals surface area contributed by atoms with Crippen LogP contribution in [0, 0.1) is 0 Å². The molecule has 3 rings (SSSR count). The van der Waals surface area contributed by atoms with Crippen molar-refractivity contribution >= 4 is 5.91 Å². The lowest BCUT2D eigenvalue weighted by atomic mass is 10.0. The predicted octanol–water partition coefficient (Wildman–Crippen LogP) is 3.98. The van der Waals surface area contributed by atoms with Gasteiger partial charge < -0.3 is 10.3 Å². The summed E-state index contributed by atoms with van der Waals surface area (Å²) in [6.45, 7) is 4.33. The lowest BCUT2D eigenvalue weighted by Gasteiger charge is -2.18. The minimum absolute atomic E-state index is 0.0132. The summed E-state index contributed by atoms with van der Waals surface area (Å²) in [7, 11) is 0. The highest BCUT2D eigenvalue weighted by atomic mass is 16.1. The van der Waals surface area contributed by atoms with Gasteiger partial charge in [0, 0.05) is 0 Å². The molecule has 1 atom stereocenters. The Morgan fingerprint density at radius 1 is 1.04 bits per heavy atom. The summed E-state index contributed by atoms with van der Waals surface area (Å²) in [5, 5.41) is 3.11. The lowest BCUT2D eigenvalue weighted by Crippen LogP contribution is -2.30. The number of imidazole rings is 1. The van der Waals surface area contributed by atoms with E-state index in [1.165, 1.54) is 5.56 Å². The number of H-pyrrole nitrogens is 1. The Kier molecular flexibility index (Phi) is 5.29. The molecular weight excluding hydrogens is 310 g/mol. The molecule has 0 saturated carbocycles. The average molecular weight is 333 g/mol. The summed E-state index contributed by atoms with van der Waals surface area (Å²) < 4.78 is 0. The minimum Gasteiger partial charge on any atom is -0.346 e. The first-order valence-corrected chi connectivity index (χ1v) is 8.55. The van der Waals surface area contributed by atoms with Crippen molar-refractivity contribution < 1.29 is 4.79 Å². The van der Waals surface area contributed by atoms with E-state index in [2.05, 4.69) is 41.3 Å². The fourth-order valence-electron chi connectivity index (χ4n) is 2.83. The summed E-state index contributed by atoms with van der Waals surface area (Å²) in [6, 6.07) is 17.9. The zero-order chi connectivity index (χ0) is 17.6. The summed E-state index contributed by atoms with van der Waals surface area (Å²) in [6.07, 6.45) is 3.73. The van der Waals surface area contributed by atoms with Crippen molar-refractivity contribution in [2.75, 3.05) is 0 Å². The Balaban J connectivity index is 1.72. The van der Waals surface area contributed by atoms with Crippen LogP contribution in [-0.4, -0.2) is 15.9 Å². The van der Waals surface area contributed by atoms with Gasteiger partial charge in [-0.15, -0.1) is 0 Å². The van der Waals surface area contributed by atoms with Gasteiger partial charge in [-0.3, -0.25) is 4.79 Å². The highest BCUT2D eigenvalue weighted by molar-refractivity contribution is 5.79. The zero-order valence-corrected chi connectivity index (χ0v) is 14.6. The molecule has 0 aliphatic carbocycles. The van der Waals surface area contributed by atoms with Crippen molar-refractivity contribution in [2.45, 2.75) is 32.2 Å². The third kappa shape index (κ3) is 4.35. The van der Waals surface area contributed by atoms with Crippen LogP contribution in [0.4, 0.5) is 0 Å². The number of carbonyl (C=O) groups is 1. The maximum absolute atomic E-state index is 12.6. The summed E-state index contributed by atoms with van der Waals surface area (Å²) in [4.78, 5) is 19.7. The van der Waals surface area contributed by atoms with Crippen molar-refractivity contribution in [1.82, 2.24) is 15.3 Å². The van der Waals surface area contributed by atoms with Crippen LogP contribution in [0.1, 0.15) is 48.2 Å². The molecular formula is C21H23N3O. The number of amides is 1. The first kappa shape index (κ1) is 17.0. The second-order valence-electron chi connectivity index (χ2n) is 6.49. The van der Waals surface area contributed by atoms with Crippen LogP contribution < -0.4 is 5.32 Å². The molecule has 0 aliphatic rings. The molecule has 0 radical (unpaired) electrons. The van der Waals surface area contributed by atoms with E-state index >= 15 is 0 Å². The van der Waals surface area contributed by atoms with Gasteiger partial charge >= 0.3 is 0 Å². The standard InChI is InChI=1S/C21H23N3O/c1-15(2)17-10-8-16(9-11-17)12-20(25)24-21(19-13-22-14-23-19)18-6-4-3-5-7-18/h3-11,13-15,21H,12H2,1-2H3,(H,22,23)(H,24,25). The third-order valence-electron chi connectivity index (χ3n) is 4.28. The molecule has 0 saturated heterocycles. The Labute approximate surface area is 148 Å². The normalized spacial score (nSPS) is 12.1. The van der Waals surface area contributed by atoms with Crippen LogP contribution in [0.25, 0.3) is 0 Å². The number of carbonyl (C=O) groups excluding carboxylic acids is 1. The van der Waals surface area contributed by atoms with E-state index in [-0.39, 0.29) is 11.9 Å². The Morgan fingerprint density at radius 3 is 2.36 bits per heavy atom. The van der Waals surface area contributed by atoms with E-state index in [0.29, 0.717) is 12.3 Å². The number of aromatic amines is 1. The number of benzene rings is 2. The largest absolute Gasteiger partial charge is 0.346 e. The van der Waals surface area contributed by atoms with E-state index in [9.17, 15) is 4.79 Å². The number of hydrogen-bond donors (Lipinski definition) is 2. The van der Waals surface area contributed by atoms with Gasteiger partial charge in [-0.1, -0.05) is 68.4 Å². The molecule has 1 aromatic heterocycles. The lowest BCUT2D eigenvalue weighted by molar-refractivity contribution is -0.120. The van der Waals surface area contributed by atoms with Gasteiger partial charge in [-0.2, -0.15) is 0 Å². The quantitative estimate of drug-likeness (QED) is 0.717. The van der Waals surface area contributed by atoms with Gasteiger partial charge in [-0.25, -0.2) is 4.98 Å². The van der Waals surface area contributed by atoms with Crippen molar-refractivity contribution in [3.63, 3.8) is 0 Å². The smallest absolute Gasteiger partial charge is 0.225 e. The van der Waals surface area contributed by atoms with Crippen molar-refractivity contribution in [3.8, 4) is 0 Å². The van der Waals surface area contributed by atoms with E-state index in [0.717, 1.165) is 16.8 Å². The van der Waals surface area contributed by atoms with Crippen LogP contribution in [0.5, 0.6) is 0 Å². The van der Waals surface area contributed by atoms with Crippen LogP contribution in [0.3, 0.4) is 0 Å². The molecule has 0 aliphatic heterocycles. The van der Waals surface area contributed by atoms with E-state index in [1.807, 2.05) is 42.5 Å². The number of nitrogens with one attached hydrogen (secondary N) is 2. The molecule has 4 nitrogen and oxygen atoms in total. The molecule has 0 fully saturated rings. The van der Waals surface area contributed by atoms with E-state index < -0.39 is 0 Å². The predicted molar refractivity (Wildman–Crippen MR) is 99.3 cm³/mol. The Morgan fingerprint density at radius 2 is 1.76 bits per heavy atom. The fraction of sp³-hybridized carbons (Fsp3) is 0.238. The van der Waals surface area contributed by atoms with Gasteiger partial charge in [0.15, 0.2) is 0 Å². The molecule has 128 valence electrons. The Hall–Kier alpha value is -2.88. The average Bonchev–Trinajstić information content (AvgIpc) is 3.15. The number of aromatic nitrogens is 2. The fourth-order valence-corrected chi connectivity index (χ4v) is 2.83. The maximum Gasteiger partial charge on any atom is 0.225 e. The van der Waals surface area contributed by atoms with Gasteiger partial charge in [0.25, 0.3) is 0 Å². The summed E-state index contributed by atoms with van der Waals surface area (Å²) in [5.74, 6) is 0.478. The zero-order valence-electron chi connectivity index (χ0n) is 14.6. The molecule has 0 spiro atoms. The molecule has 25 heavy (non-hydrogen) atoms. The summed E-state index contributed by atoms with van der Waals surface area (Å²) in [5.41, 5.74) is 4.19. The van der Waals surface area contributed by atoms with E-state index in [4.69, 9.17) is 0 Å². The van der Waals surface area contributed by atoms with Crippen LogP contribution >= 0.6 is 0 Å². The van der Waals surface area contributed by atoms with Crippen molar-refractivity contribution in [2.24, 2.45) is 0 Å². The van der Waals surface area contributed by atoms with E-state index in [1.54, 1.807) is 12.5 Å². The summed E-state index contributed by atoms with van der Waals surface area (Å²) >= 11 is 0. The topological polar surface area (TPSA) is 57.8 Å². The van der Waals surface area contributed by atoms with Crippen LogP contribution in [0.15, 0.2) is 67.1 Å². The maximum atomic E-state index is 12.6. The number of nitrogens with zero attached hydrogens (tertiary/aromatic N) is 1. The number of hydrogen-bond acceptors (Lipinski definition) is 2. The monoisotopic (exact) mass is 333 g/mol. The molecule has 0 bridgehead atoms. The molecule has 1 heterocycles. The molecule has 2 aromatic carbocycles. The number of rotatable bonds is 6. The van der Waals surface area contributed by atoms with Crippen LogP contribution in [-0.2, 0) is 11.2 Å². The third-order valence-corrected chi connectivity index (χ3v) is 4.28. The molecule has 1 unspecified atom stereocenters. The highest BCUT2D eigenvalue weighted by Crippen LogP contribution is 2.20. The second-order valence-corrected chi connectivity index (χ2v) is 6.49. The van der Waals surface area contributed by atoms with Gasteiger partial charge in [0.05, 0.1) is 30.7 Å². The second kappa shape index (κ2) is 7.79. The Bertz CT molecular complexity index is 793. The highest BCUT2D eigenvalue weighted by Gasteiger charge is 2.18. The molecule has 4 heteroatoms. The minimum atomic E-state index is -0.230. The first-order chi connectivity index (χ1) is 12.1. The molecule has 3 aromatic rings. The van der Waals surface area contributed by atoms with Gasteiger partial charge in [0.1, 0.15) is 0 Å². The van der Waals surface area contributed by atoms with Gasteiger partial charge in [-0.05, 0) is 22.6 Å². The van der Waals surface area contributed by atoms with Crippen molar-refractivity contribution in [3.05, 3.63) is 89.5 Å². The first-order valence-electron chi connectivity index (χ1n) is 8.55.